The van der Waals surface area contributed by atoms with E-state index in [9.17, 15) is 0 Å². The summed E-state index contributed by atoms with van der Waals surface area (Å²) in [6.45, 7) is 3.46. The fourth-order valence-corrected chi connectivity index (χ4v) is 1.14. The molecule has 0 saturated heterocycles. The Morgan fingerprint density at radius 2 is 2.64 bits per heavy atom. The molecule has 0 aromatic carbocycles. The SMILES string of the molecule is C=NOCC#Cc1cccs1. The van der Waals surface area contributed by atoms with Gasteiger partial charge < -0.3 is 4.84 Å². The summed E-state index contributed by atoms with van der Waals surface area (Å²) in [4.78, 5) is 5.62. The first-order valence-electron chi connectivity index (χ1n) is 3.04. The minimum Gasteiger partial charge on any atom is -0.383 e. The van der Waals surface area contributed by atoms with E-state index in [-0.39, 0.29) is 0 Å². The predicted octanol–water partition coefficient (Wildman–Crippen LogP) is 1.73. The number of hydrogen-bond acceptors (Lipinski definition) is 3. The molecule has 0 radical (unpaired) electrons. The van der Waals surface area contributed by atoms with Crippen LogP contribution in [0.2, 0.25) is 0 Å². The molecule has 56 valence electrons. The highest BCUT2D eigenvalue weighted by Crippen LogP contribution is 2.05. The van der Waals surface area contributed by atoms with E-state index in [1.165, 1.54) is 0 Å². The van der Waals surface area contributed by atoms with E-state index in [1.54, 1.807) is 11.3 Å². The third kappa shape index (κ3) is 2.87. The van der Waals surface area contributed by atoms with E-state index in [4.69, 9.17) is 0 Å². The summed E-state index contributed by atoms with van der Waals surface area (Å²) in [6, 6.07) is 3.92. The van der Waals surface area contributed by atoms with Crippen LogP contribution in [0.1, 0.15) is 4.88 Å². The molecule has 0 fully saturated rings. The van der Waals surface area contributed by atoms with Gasteiger partial charge in [-0.15, -0.1) is 16.5 Å². The van der Waals surface area contributed by atoms with Crippen LogP contribution in [0.25, 0.3) is 0 Å². The van der Waals surface area contributed by atoms with Crippen LogP contribution < -0.4 is 0 Å². The summed E-state index contributed by atoms with van der Waals surface area (Å²) in [7, 11) is 0. The lowest BCUT2D eigenvalue weighted by Gasteiger charge is -1.84. The smallest absolute Gasteiger partial charge is 0.177 e. The predicted molar refractivity (Wildman–Crippen MR) is 46.7 cm³/mol. The van der Waals surface area contributed by atoms with Crippen LogP contribution in [0.4, 0.5) is 0 Å². The van der Waals surface area contributed by atoms with Crippen molar-refractivity contribution in [2.24, 2.45) is 5.16 Å². The van der Waals surface area contributed by atoms with E-state index in [0.29, 0.717) is 6.61 Å². The van der Waals surface area contributed by atoms with Crippen molar-refractivity contribution in [3.8, 4) is 11.8 Å². The summed E-state index contributed by atoms with van der Waals surface area (Å²) in [6.07, 6.45) is 0. The van der Waals surface area contributed by atoms with Crippen LogP contribution in [-0.2, 0) is 4.84 Å². The number of hydrogen-bond donors (Lipinski definition) is 0. The van der Waals surface area contributed by atoms with Crippen LogP contribution in [0.5, 0.6) is 0 Å². The van der Waals surface area contributed by atoms with Crippen molar-refractivity contribution in [3.63, 3.8) is 0 Å². The van der Waals surface area contributed by atoms with Crippen LogP contribution in [0.15, 0.2) is 22.7 Å². The molecule has 0 amide bonds. The first-order chi connectivity index (χ1) is 5.43. The Morgan fingerprint density at radius 3 is 3.27 bits per heavy atom. The average molecular weight is 165 g/mol. The van der Waals surface area contributed by atoms with Gasteiger partial charge in [-0.05, 0) is 11.4 Å². The van der Waals surface area contributed by atoms with Crippen molar-refractivity contribution >= 4 is 18.1 Å². The van der Waals surface area contributed by atoms with Crippen molar-refractivity contribution < 1.29 is 4.84 Å². The third-order valence-corrected chi connectivity index (χ3v) is 1.75. The Labute approximate surface area is 69.5 Å². The maximum absolute atomic E-state index is 4.58. The van der Waals surface area contributed by atoms with E-state index in [1.807, 2.05) is 17.5 Å². The molecule has 0 N–H and O–H groups in total. The van der Waals surface area contributed by atoms with Gasteiger partial charge in [0.15, 0.2) is 6.61 Å². The van der Waals surface area contributed by atoms with Crippen LogP contribution in [0, 0.1) is 11.8 Å². The molecule has 1 heterocycles. The Morgan fingerprint density at radius 1 is 1.73 bits per heavy atom. The highest BCUT2D eigenvalue weighted by atomic mass is 32.1. The molecule has 2 nitrogen and oxygen atoms in total. The minimum atomic E-state index is 0.307. The average Bonchev–Trinajstić information content (AvgIpc) is 2.50. The largest absolute Gasteiger partial charge is 0.383 e. The standard InChI is InChI=1S/C8H7NOS/c1-9-10-6-2-4-8-5-3-7-11-8/h3,5,7H,1,6H2. The van der Waals surface area contributed by atoms with E-state index < -0.39 is 0 Å². The lowest BCUT2D eigenvalue weighted by molar-refractivity contribution is 0.183. The molecule has 3 heteroatoms. The van der Waals surface area contributed by atoms with Crippen molar-refractivity contribution in [1.29, 1.82) is 0 Å². The molecular weight excluding hydrogens is 158 g/mol. The Hall–Kier alpha value is -1.27. The van der Waals surface area contributed by atoms with Crippen molar-refractivity contribution in [2.75, 3.05) is 6.61 Å². The van der Waals surface area contributed by atoms with E-state index in [2.05, 4.69) is 28.6 Å². The molecule has 1 aromatic rings. The lowest BCUT2D eigenvalue weighted by atomic mass is 10.5. The molecule has 0 saturated carbocycles. The monoisotopic (exact) mass is 165 g/mol. The molecule has 1 rings (SSSR count). The molecular formula is C8H7NOS. The van der Waals surface area contributed by atoms with Gasteiger partial charge in [0.2, 0.25) is 0 Å². The van der Waals surface area contributed by atoms with Crippen molar-refractivity contribution in [2.45, 2.75) is 0 Å². The van der Waals surface area contributed by atoms with Gasteiger partial charge in [-0.1, -0.05) is 17.9 Å². The summed E-state index contributed by atoms with van der Waals surface area (Å²) < 4.78 is 0. The zero-order valence-electron chi connectivity index (χ0n) is 5.91. The summed E-state index contributed by atoms with van der Waals surface area (Å²) in [5.74, 6) is 5.71. The fraction of sp³-hybridized carbons (Fsp3) is 0.125. The lowest BCUT2D eigenvalue weighted by Crippen LogP contribution is -1.79. The maximum atomic E-state index is 4.58. The molecule has 1 aromatic heterocycles. The van der Waals surface area contributed by atoms with Crippen LogP contribution >= 0.6 is 11.3 Å². The molecule has 11 heavy (non-hydrogen) atoms. The topological polar surface area (TPSA) is 21.6 Å². The molecule has 0 bridgehead atoms. The molecule has 0 spiro atoms. The van der Waals surface area contributed by atoms with Crippen molar-refractivity contribution in [1.82, 2.24) is 0 Å². The second-order valence-electron chi connectivity index (χ2n) is 1.68. The van der Waals surface area contributed by atoms with Gasteiger partial charge in [-0.25, -0.2) is 0 Å². The van der Waals surface area contributed by atoms with Crippen molar-refractivity contribution in [3.05, 3.63) is 22.4 Å². The summed E-state index contributed by atoms with van der Waals surface area (Å²) in [5.41, 5.74) is 0. The minimum absolute atomic E-state index is 0.307. The zero-order valence-corrected chi connectivity index (χ0v) is 6.73. The van der Waals surface area contributed by atoms with E-state index >= 15 is 0 Å². The maximum Gasteiger partial charge on any atom is 0.177 e. The summed E-state index contributed by atoms with van der Waals surface area (Å²) >= 11 is 1.61. The van der Waals surface area contributed by atoms with Gasteiger partial charge in [-0.2, -0.15) is 0 Å². The quantitative estimate of drug-likeness (QED) is 0.283. The van der Waals surface area contributed by atoms with E-state index in [0.717, 1.165) is 4.88 Å². The van der Waals surface area contributed by atoms with Gasteiger partial charge >= 0.3 is 0 Å². The number of thiophene rings is 1. The molecule has 0 aliphatic carbocycles. The number of rotatable bonds is 2. The van der Waals surface area contributed by atoms with Gasteiger partial charge in [0.05, 0.1) is 4.88 Å². The highest BCUT2D eigenvalue weighted by molar-refractivity contribution is 7.10. The number of nitrogens with zero attached hydrogens (tertiary/aromatic N) is 1. The van der Waals surface area contributed by atoms with Gasteiger partial charge in [0.25, 0.3) is 0 Å². The van der Waals surface area contributed by atoms with Gasteiger partial charge in [0, 0.05) is 6.72 Å². The van der Waals surface area contributed by atoms with Crippen LogP contribution in [0.3, 0.4) is 0 Å². The van der Waals surface area contributed by atoms with Gasteiger partial charge in [-0.3, -0.25) is 0 Å². The van der Waals surface area contributed by atoms with Crippen LogP contribution in [-0.4, -0.2) is 13.3 Å². The first kappa shape index (κ1) is 7.83. The molecule has 0 aliphatic heterocycles. The Balaban J connectivity index is 2.39. The third-order valence-electron chi connectivity index (χ3n) is 0.961. The second-order valence-corrected chi connectivity index (χ2v) is 2.63. The second kappa shape index (κ2) is 4.53. The molecule has 0 unspecified atom stereocenters. The first-order valence-corrected chi connectivity index (χ1v) is 3.92. The normalized spacial score (nSPS) is 8.00. The molecule has 0 atom stereocenters. The van der Waals surface area contributed by atoms with Gasteiger partial charge in [0.1, 0.15) is 0 Å². The molecule has 0 aliphatic rings. The zero-order chi connectivity index (χ0) is 7.94. The summed E-state index contributed by atoms with van der Waals surface area (Å²) in [5, 5.41) is 5.19. The fourth-order valence-electron chi connectivity index (χ4n) is 0.551. The number of oxime groups is 1. The Bertz CT molecular complexity index is 268. The highest BCUT2D eigenvalue weighted by Gasteiger charge is 1.82. The Kier molecular flexibility index (Phi) is 3.23.